The number of aromatic nitrogens is 1. The molecule has 4 rings (SSSR count). The van der Waals surface area contributed by atoms with E-state index in [9.17, 15) is 14.0 Å². The topological polar surface area (TPSA) is 38.5 Å². The fraction of sp³-hybridized carbons (Fsp3) is 0.154. The first-order valence-corrected chi connectivity index (χ1v) is 9.85. The molecule has 0 aliphatic carbocycles. The molecule has 0 unspecified atom stereocenters. The largest absolute Gasteiger partial charge is 0.313 e. The maximum Gasteiger partial charge on any atom is 0.195 e. The number of alkyl halides is 1. The zero-order chi connectivity index (χ0) is 22.1. The Hall–Kier alpha value is -3.53. The van der Waals surface area contributed by atoms with E-state index in [1.165, 1.54) is 6.92 Å². The number of rotatable bonds is 4. The number of fused-ring (bicyclic) bond motifs is 1. The quantitative estimate of drug-likeness (QED) is 0.358. The summed E-state index contributed by atoms with van der Waals surface area (Å²) in [5.74, 6) is -0.155. The third kappa shape index (κ3) is 4.38. The molecule has 154 valence electrons. The van der Waals surface area contributed by atoms with Gasteiger partial charge < -0.3 is 4.40 Å². The average Bonchev–Trinajstić information content (AvgIpc) is 3.18. The summed E-state index contributed by atoms with van der Waals surface area (Å²) in [5.41, 5.74) is 4.00. The van der Waals surface area contributed by atoms with Crippen LogP contribution in [0.4, 0.5) is 4.39 Å². The summed E-state index contributed by atoms with van der Waals surface area (Å²) in [6.07, 6.45) is 1.83. The molecule has 0 amide bonds. The molecule has 0 N–H and O–H groups in total. The monoisotopic (exact) mass is 403 g/mol. The van der Waals surface area contributed by atoms with E-state index in [1.54, 1.807) is 12.1 Å². The van der Waals surface area contributed by atoms with Crippen LogP contribution in [0.25, 0.3) is 16.6 Å². The van der Waals surface area contributed by atoms with Gasteiger partial charge in [0.05, 0.1) is 24.0 Å². The first kappa shape index (κ1) is 22.8. The minimum atomic E-state index is -0.0827. The van der Waals surface area contributed by atoms with Crippen molar-refractivity contribution in [1.82, 2.24) is 4.40 Å². The standard InChI is InChI=1S/C23H17NO2.C2H6.CH3F/c1-16(25)22-20(17-10-4-2-5-11-17)21(19-14-8-9-15-24(19)22)23(26)18-12-6-3-7-13-18;2*1-2/h2-15H,1H3;1-2H3;1H3. The lowest BCUT2D eigenvalue weighted by Crippen LogP contribution is -2.03. The van der Waals surface area contributed by atoms with Crippen LogP contribution in [0.2, 0.25) is 0 Å². The fourth-order valence-corrected chi connectivity index (χ4v) is 3.40. The van der Waals surface area contributed by atoms with Crippen LogP contribution in [-0.2, 0) is 0 Å². The van der Waals surface area contributed by atoms with Gasteiger partial charge >= 0.3 is 0 Å². The second-order valence-corrected chi connectivity index (χ2v) is 6.17. The van der Waals surface area contributed by atoms with E-state index in [0.717, 1.165) is 11.1 Å². The Labute approximate surface area is 176 Å². The van der Waals surface area contributed by atoms with Gasteiger partial charge in [0, 0.05) is 24.2 Å². The number of ketones is 2. The summed E-state index contributed by atoms with van der Waals surface area (Å²) in [4.78, 5) is 25.9. The van der Waals surface area contributed by atoms with E-state index in [2.05, 4.69) is 0 Å². The molecule has 0 bridgehead atoms. The van der Waals surface area contributed by atoms with Gasteiger partial charge in [-0.1, -0.05) is 80.6 Å². The number of halogens is 1. The van der Waals surface area contributed by atoms with Gasteiger partial charge in [0.1, 0.15) is 0 Å². The summed E-state index contributed by atoms with van der Waals surface area (Å²) < 4.78 is 11.3. The lowest BCUT2D eigenvalue weighted by molar-refractivity contribution is 0.101. The van der Waals surface area contributed by atoms with E-state index >= 15 is 0 Å². The number of carbonyl (C=O) groups excluding carboxylic acids is 2. The minimum absolute atomic E-state index is 0.0721. The Balaban J connectivity index is 0.000000757. The van der Waals surface area contributed by atoms with Gasteiger partial charge in [-0.05, 0) is 17.7 Å². The molecule has 2 aromatic carbocycles. The van der Waals surface area contributed by atoms with Gasteiger partial charge in [-0.25, -0.2) is 0 Å². The number of carbonyl (C=O) groups is 2. The molecule has 0 atom stereocenters. The molecular weight excluding hydrogens is 377 g/mol. The van der Waals surface area contributed by atoms with Gasteiger partial charge in [-0.2, -0.15) is 0 Å². The van der Waals surface area contributed by atoms with Crippen LogP contribution in [0.1, 0.15) is 47.2 Å². The Bertz CT molecular complexity index is 1120. The summed E-state index contributed by atoms with van der Waals surface area (Å²) >= 11 is 0. The van der Waals surface area contributed by atoms with Crippen molar-refractivity contribution in [2.75, 3.05) is 7.18 Å². The molecule has 0 spiro atoms. The van der Waals surface area contributed by atoms with Crippen LogP contribution in [0.5, 0.6) is 0 Å². The number of nitrogens with zero attached hydrogens (tertiary/aromatic N) is 1. The molecule has 3 nitrogen and oxygen atoms in total. The highest BCUT2D eigenvalue weighted by Gasteiger charge is 2.26. The molecule has 0 fully saturated rings. The molecule has 4 aromatic rings. The Morgan fingerprint density at radius 2 is 1.30 bits per heavy atom. The molecule has 0 aliphatic rings. The summed E-state index contributed by atoms with van der Waals surface area (Å²) in [5, 5.41) is 0. The fourth-order valence-electron chi connectivity index (χ4n) is 3.40. The van der Waals surface area contributed by atoms with Crippen LogP contribution in [0, 0.1) is 0 Å². The molecular formula is C26H26FNO2. The van der Waals surface area contributed by atoms with Crippen LogP contribution in [0.15, 0.2) is 85.1 Å². The molecule has 0 saturated heterocycles. The zero-order valence-electron chi connectivity index (χ0n) is 17.7. The highest BCUT2D eigenvalue weighted by Crippen LogP contribution is 2.35. The van der Waals surface area contributed by atoms with Crippen LogP contribution >= 0.6 is 0 Å². The zero-order valence-corrected chi connectivity index (χ0v) is 17.7. The van der Waals surface area contributed by atoms with Crippen molar-refractivity contribution in [3.63, 3.8) is 0 Å². The van der Waals surface area contributed by atoms with E-state index in [4.69, 9.17) is 0 Å². The predicted octanol–water partition coefficient (Wildman–Crippen LogP) is 6.65. The number of Topliss-reactive ketones (excluding diaryl/α,β-unsaturated/α-hetero) is 1. The lowest BCUT2D eigenvalue weighted by atomic mass is 9.94. The van der Waals surface area contributed by atoms with Gasteiger partial charge in [0.2, 0.25) is 0 Å². The SMILES string of the molecule is CC.CC(=O)c1c(-c2ccccc2)c(C(=O)c2ccccc2)c2ccccn12.CF. The Morgan fingerprint density at radius 3 is 1.87 bits per heavy atom. The van der Waals surface area contributed by atoms with Crippen LogP contribution < -0.4 is 0 Å². The van der Waals surface area contributed by atoms with Crippen molar-refractivity contribution < 1.29 is 14.0 Å². The van der Waals surface area contributed by atoms with Gasteiger partial charge in [0.25, 0.3) is 0 Å². The van der Waals surface area contributed by atoms with E-state index < -0.39 is 0 Å². The number of benzene rings is 2. The van der Waals surface area contributed by atoms with Gasteiger partial charge in [-0.3, -0.25) is 14.0 Å². The Morgan fingerprint density at radius 1 is 0.767 bits per heavy atom. The molecule has 30 heavy (non-hydrogen) atoms. The van der Waals surface area contributed by atoms with Crippen molar-refractivity contribution >= 4 is 17.1 Å². The molecule has 0 aliphatic heterocycles. The van der Waals surface area contributed by atoms with E-state index in [1.807, 2.05) is 91.2 Å². The summed E-state index contributed by atoms with van der Waals surface area (Å²) in [6, 6.07) is 24.4. The highest BCUT2D eigenvalue weighted by molar-refractivity contribution is 6.20. The normalized spacial score (nSPS) is 9.77. The van der Waals surface area contributed by atoms with E-state index in [0.29, 0.717) is 29.6 Å². The van der Waals surface area contributed by atoms with Crippen molar-refractivity contribution in [3.05, 3.63) is 102 Å². The number of hydrogen-bond acceptors (Lipinski definition) is 2. The number of hydrogen-bond donors (Lipinski definition) is 0. The van der Waals surface area contributed by atoms with Crippen molar-refractivity contribution in [3.8, 4) is 11.1 Å². The van der Waals surface area contributed by atoms with E-state index in [-0.39, 0.29) is 11.6 Å². The third-order valence-electron chi connectivity index (χ3n) is 4.50. The van der Waals surface area contributed by atoms with Crippen molar-refractivity contribution in [2.24, 2.45) is 0 Å². The maximum absolute atomic E-state index is 13.4. The van der Waals surface area contributed by atoms with Crippen LogP contribution in [-0.4, -0.2) is 23.1 Å². The summed E-state index contributed by atoms with van der Waals surface area (Å²) in [6.45, 7) is 5.54. The van der Waals surface area contributed by atoms with Gasteiger partial charge in [0.15, 0.2) is 11.6 Å². The number of pyridine rings is 1. The molecule has 4 heteroatoms. The van der Waals surface area contributed by atoms with Gasteiger partial charge in [-0.15, -0.1) is 0 Å². The molecule has 2 aromatic heterocycles. The summed E-state index contributed by atoms with van der Waals surface area (Å²) in [7, 11) is 0.500. The Kier molecular flexibility index (Phi) is 8.24. The molecule has 0 radical (unpaired) electrons. The van der Waals surface area contributed by atoms with Crippen molar-refractivity contribution in [2.45, 2.75) is 20.8 Å². The van der Waals surface area contributed by atoms with Crippen molar-refractivity contribution in [1.29, 1.82) is 0 Å². The predicted molar refractivity (Wildman–Crippen MR) is 121 cm³/mol. The third-order valence-corrected chi connectivity index (χ3v) is 4.50. The smallest absolute Gasteiger partial charge is 0.195 e. The first-order chi connectivity index (χ1) is 14.7. The highest BCUT2D eigenvalue weighted by atomic mass is 19.1. The molecule has 0 saturated carbocycles. The lowest BCUT2D eigenvalue weighted by Gasteiger charge is -2.06. The minimum Gasteiger partial charge on any atom is -0.313 e. The second-order valence-electron chi connectivity index (χ2n) is 6.17. The maximum atomic E-state index is 13.4. The average molecular weight is 403 g/mol. The first-order valence-electron chi connectivity index (χ1n) is 9.85. The second kappa shape index (κ2) is 10.9. The van der Waals surface area contributed by atoms with Crippen LogP contribution in [0.3, 0.4) is 0 Å². The molecule has 2 heterocycles.